The molecule has 1 heterocycles. The number of carbonyl (C=O) groups excluding carboxylic acids is 3. The first-order valence-corrected chi connectivity index (χ1v) is 10.8. The van der Waals surface area contributed by atoms with Gasteiger partial charge in [0.05, 0.1) is 6.10 Å². The third-order valence-electron chi connectivity index (χ3n) is 5.37. The highest BCUT2D eigenvalue weighted by atomic mass is 16.6. The lowest BCUT2D eigenvalue weighted by Crippen LogP contribution is -2.55. The normalized spacial score (nSPS) is 19.0. The molecule has 1 aliphatic heterocycles. The van der Waals surface area contributed by atoms with Crippen LogP contribution in [0.25, 0.3) is 0 Å². The largest absolute Gasteiger partial charge is 0.480 e. The Bertz CT molecular complexity index is 652. The number of hydrogen-bond acceptors (Lipinski definition) is 6. The first-order chi connectivity index (χ1) is 14.3. The van der Waals surface area contributed by atoms with Crippen molar-refractivity contribution in [3.63, 3.8) is 0 Å². The van der Waals surface area contributed by atoms with E-state index in [-0.39, 0.29) is 11.8 Å². The smallest absolute Gasteiger partial charge is 0.408 e. The molecule has 4 atom stereocenters. The van der Waals surface area contributed by atoms with Crippen molar-refractivity contribution in [2.75, 3.05) is 13.1 Å². The molecule has 31 heavy (non-hydrogen) atoms. The van der Waals surface area contributed by atoms with Crippen LogP contribution in [0, 0.1) is 11.8 Å². The third kappa shape index (κ3) is 8.35. The molecule has 0 bridgehead atoms. The summed E-state index contributed by atoms with van der Waals surface area (Å²) in [7, 11) is 0. The Morgan fingerprint density at radius 1 is 1.06 bits per heavy atom. The zero-order valence-electron chi connectivity index (χ0n) is 19.3. The zero-order valence-corrected chi connectivity index (χ0v) is 19.3. The van der Waals surface area contributed by atoms with Crippen molar-refractivity contribution >= 4 is 23.9 Å². The highest BCUT2D eigenvalue weighted by Crippen LogP contribution is 2.21. The highest BCUT2D eigenvalue weighted by molar-refractivity contribution is 5.87. The molecule has 3 amide bonds. The number of hydrogen-bond donors (Lipinski definition) is 4. The average Bonchev–Trinajstić information content (AvgIpc) is 2.67. The second-order valence-electron chi connectivity index (χ2n) is 9.17. The first-order valence-electron chi connectivity index (χ1n) is 10.8. The fourth-order valence-electron chi connectivity index (χ4n) is 3.34. The first kappa shape index (κ1) is 26.7. The maximum atomic E-state index is 13.1. The minimum absolute atomic E-state index is 0.108. The van der Waals surface area contributed by atoms with E-state index in [4.69, 9.17) is 9.84 Å². The van der Waals surface area contributed by atoms with Crippen LogP contribution in [-0.4, -0.2) is 75.9 Å². The number of alkyl carbamates (subject to hydrolysis) is 1. The molecular formula is C21H37N3O7. The van der Waals surface area contributed by atoms with Gasteiger partial charge in [-0.05, 0) is 46.5 Å². The summed E-state index contributed by atoms with van der Waals surface area (Å²) in [4.78, 5) is 50.5. The van der Waals surface area contributed by atoms with E-state index in [1.807, 2.05) is 13.8 Å². The van der Waals surface area contributed by atoms with E-state index >= 15 is 0 Å². The lowest BCUT2D eigenvalue weighted by molar-refractivity contribution is -0.146. The molecule has 1 saturated heterocycles. The lowest BCUT2D eigenvalue weighted by atomic mass is 9.93. The summed E-state index contributed by atoms with van der Waals surface area (Å²) in [6.45, 7) is 11.0. The number of carboxylic acids is 1. The molecule has 0 aromatic carbocycles. The number of aliphatic hydroxyl groups excluding tert-OH is 1. The Kier molecular flexibility index (Phi) is 9.73. The van der Waals surface area contributed by atoms with Crippen molar-refractivity contribution in [1.29, 1.82) is 0 Å². The van der Waals surface area contributed by atoms with Gasteiger partial charge in [0.1, 0.15) is 11.6 Å². The van der Waals surface area contributed by atoms with E-state index in [1.165, 1.54) is 6.92 Å². The molecule has 0 aliphatic carbocycles. The van der Waals surface area contributed by atoms with Gasteiger partial charge in [-0.2, -0.15) is 0 Å². The number of ether oxygens (including phenoxy) is 1. The molecule has 0 aromatic rings. The molecule has 4 N–H and O–H groups in total. The number of rotatable bonds is 8. The summed E-state index contributed by atoms with van der Waals surface area (Å²) in [6.07, 6.45) is -0.468. The van der Waals surface area contributed by atoms with Crippen molar-refractivity contribution in [2.24, 2.45) is 11.8 Å². The predicted molar refractivity (Wildman–Crippen MR) is 113 cm³/mol. The fourth-order valence-corrected chi connectivity index (χ4v) is 3.34. The van der Waals surface area contributed by atoms with E-state index < -0.39 is 47.7 Å². The monoisotopic (exact) mass is 443 g/mol. The van der Waals surface area contributed by atoms with Crippen LogP contribution in [0.1, 0.15) is 60.8 Å². The molecule has 1 rings (SSSR count). The molecule has 0 spiro atoms. The summed E-state index contributed by atoms with van der Waals surface area (Å²) in [5.74, 6) is -2.55. The Labute approximate surface area is 183 Å². The molecule has 10 heteroatoms. The number of piperidine rings is 1. The molecule has 0 aromatic heterocycles. The van der Waals surface area contributed by atoms with E-state index in [2.05, 4.69) is 10.6 Å². The zero-order chi connectivity index (χ0) is 23.9. The summed E-state index contributed by atoms with van der Waals surface area (Å²) in [5.41, 5.74) is -0.682. The van der Waals surface area contributed by atoms with Crippen LogP contribution in [0.3, 0.4) is 0 Å². The van der Waals surface area contributed by atoms with Crippen molar-refractivity contribution in [1.82, 2.24) is 15.5 Å². The van der Waals surface area contributed by atoms with Crippen LogP contribution in [0.4, 0.5) is 4.79 Å². The van der Waals surface area contributed by atoms with Crippen molar-refractivity contribution in [2.45, 2.75) is 84.6 Å². The SMILES string of the molecule is CCC(C)C(NC(=O)OC(C)(C)C)C(=O)N1CCC(C(=O)NC(C(=O)O)C(C)O)CC1. The van der Waals surface area contributed by atoms with Gasteiger partial charge in [-0.3, -0.25) is 9.59 Å². The number of carbonyl (C=O) groups is 4. The van der Waals surface area contributed by atoms with Crippen LogP contribution < -0.4 is 10.6 Å². The average molecular weight is 444 g/mol. The number of likely N-dealkylation sites (tertiary alicyclic amines) is 1. The summed E-state index contributed by atoms with van der Waals surface area (Å²) in [5, 5.41) is 23.7. The molecule has 10 nitrogen and oxygen atoms in total. The fraction of sp³-hybridized carbons (Fsp3) is 0.810. The molecule has 4 unspecified atom stereocenters. The standard InChI is InChI=1S/C21H37N3O7/c1-7-12(2)15(23-20(30)31-21(4,5)6)18(27)24-10-8-14(9-11-24)17(26)22-16(13(3)25)19(28)29/h12-16,25H,7-11H2,1-6H3,(H,22,26)(H,23,30)(H,28,29). The maximum absolute atomic E-state index is 13.1. The molecule has 0 saturated carbocycles. The van der Waals surface area contributed by atoms with Crippen molar-refractivity contribution < 1.29 is 34.1 Å². The Balaban J connectivity index is 2.73. The van der Waals surface area contributed by atoms with Gasteiger partial charge in [0.2, 0.25) is 11.8 Å². The van der Waals surface area contributed by atoms with E-state index in [1.54, 1.807) is 25.7 Å². The third-order valence-corrected chi connectivity index (χ3v) is 5.37. The second kappa shape index (κ2) is 11.3. The van der Waals surface area contributed by atoms with Gasteiger partial charge in [0.15, 0.2) is 6.04 Å². The minimum Gasteiger partial charge on any atom is -0.480 e. The van der Waals surface area contributed by atoms with E-state index in [0.717, 1.165) is 0 Å². The molecule has 1 fully saturated rings. The maximum Gasteiger partial charge on any atom is 0.408 e. The van der Waals surface area contributed by atoms with Crippen LogP contribution in [-0.2, 0) is 19.1 Å². The highest BCUT2D eigenvalue weighted by Gasteiger charge is 2.36. The summed E-state index contributed by atoms with van der Waals surface area (Å²) >= 11 is 0. The predicted octanol–water partition coefficient (Wildman–Crippen LogP) is 1.11. The van der Waals surface area contributed by atoms with Crippen LogP contribution in [0.2, 0.25) is 0 Å². The van der Waals surface area contributed by atoms with Gasteiger partial charge in [0.25, 0.3) is 0 Å². The van der Waals surface area contributed by atoms with E-state index in [0.29, 0.717) is 32.4 Å². The number of aliphatic hydroxyl groups is 1. The van der Waals surface area contributed by atoms with Gasteiger partial charge < -0.3 is 30.5 Å². The van der Waals surface area contributed by atoms with Crippen LogP contribution in [0.15, 0.2) is 0 Å². The lowest BCUT2D eigenvalue weighted by Gasteiger charge is -2.36. The van der Waals surface area contributed by atoms with Gasteiger partial charge >= 0.3 is 12.1 Å². The van der Waals surface area contributed by atoms with E-state index in [9.17, 15) is 24.3 Å². The molecular weight excluding hydrogens is 406 g/mol. The second-order valence-corrected chi connectivity index (χ2v) is 9.17. The van der Waals surface area contributed by atoms with Gasteiger partial charge in [-0.15, -0.1) is 0 Å². The van der Waals surface area contributed by atoms with Crippen molar-refractivity contribution in [3.05, 3.63) is 0 Å². The number of nitrogens with one attached hydrogen (secondary N) is 2. The number of carboxylic acid groups (broad SMARTS) is 1. The Morgan fingerprint density at radius 2 is 1.61 bits per heavy atom. The number of amides is 3. The van der Waals surface area contributed by atoms with Gasteiger partial charge in [-0.25, -0.2) is 9.59 Å². The number of nitrogens with zero attached hydrogens (tertiary/aromatic N) is 1. The van der Waals surface area contributed by atoms with Gasteiger partial charge in [0, 0.05) is 19.0 Å². The van der Waals surface area contributed by atoms with Crippen molar-refractivity contribution in [3.8, 4) is 0 Å². The number of aliphatic carboxylic acids is 1. The summed E-state index contributed by atoms with van der Waals surface area (Å²) in [6, 6.07) is -2.11. The Hall–Kier alpha value is -2.36. The quantitative estimate of drug-likeness (QED) is 0.440. The summed E-state index contributed by atoms with van der Waals surface area (Å²) < 4.78 is 5.28. The van der Waals surface area contributed by atoms with Crippen LogP contribution >= 0.6 is 0 Å². The Morgan fingerprint density at radius 3 is 2.03 bits per heavy atom. The van der Waals surface area contributed by atoms with Crippen LogP contribution in [0.5, 0.6) is 0 Å². The topological polar surface area (TPSA) is 145 Å². The van der Waals surface area contributed by atoms with Gasteiger partial charge in [-0.1, -0.05) is 20.3 Å². The molecule has 1 aliphatic rings. The minimum atomic E-state index is -1.38. The molecule has 178 valence electrons. The molecule has 0 radical (unpaired) electrons.